The molecule has 21 heavy (non-hydrogen) atoms. The average molecular weight is 323 g/mol. The zero-order valence-electron chi connectivity index (χ0n) is 12.9. The van der Waals surface area contributed by atoms with Crippen LogP contribution in [0.4, 0.5) is 0 Å². The third-order valence-electron chi connectivity index (χ3n) is 3.01. The first kappa shape index (κ1) is 20.5. The Bertz CT molecular complexity index is 382. The van der Waals surface area contributed by atoms with Crippen molar-refractivity contribution in [3.8, 4) is 0 Å². The fourth-order valence-electron chi connectivity index (χ4n) is 1.80. The summed E-state index contributed by atoms with van der Waals surface area (Å²) in [6.45, 7) is 0. The second-order valence-electron chi connectivity index (χ2n) is 4.48. The second-order valence-corrected chi connectivity index (χ2v) is 4.48. The molecule has 120 valence electrons. The number of hydrogen-bond acceptors (Lipinski definition) is 9. The van der Waals surface area contributed by atoms with Crippen LogP contribution in [-0.4, -0.2) is 107 Å². The summed E-state index contributed by atoms with van der Waals surface area (Å²) in [6.07, 6.45) is -12.0. The number of carboxylic acids is 1. The van der Waals surface area contributed by atoms with Crippen LogP contribution in [0, 0.1) is 0 Å². The van der Waals surface area contributed by atoms with Gasteiger partial charge in [0, 0.05) is 0 Å². The summed E-state index contributed by atoms with van der Waals surface area (Å²) in [5, 5.41) is 65.4. The smallest absolute Gasteiger partial charge is 1.00 e. The Kier molecular flexibility index (Phi) is 7.45. The maximum Gasteiger partial charge on any atom is 2.00 e. The number of hydrogen-bond donors (Lipinski definition) is 7. The van der Waals surface area contributed by atoms with Gasteiger partial charge < -0.3 is 43.3 Å². The molecule has 0 aliphatic heterocycles. The molecule has 1 aliphatic carbocycles. The van der Waals surface area contributed by atoms with E-state index in [1.54, 1.807) is 0 Å². The largest absolute Gasteiger partial charge is 2.00 e. The predicted molar refractivity (Wildman–Crippen MR) is 65.9 cm³/mol. The standard InChI is InChI=1S/C10H16O10.Mg.2H/c11-3(12)1-2-4(13)20-10(19)8(17)6(15)5(14)7(16)9(10)18;;;/h5-9,14-19H,1-2H2,(H,11,12);;;/q;+2;2*-1/t5?,6-,7+,8-,9-,10?;;;/m1.../s1. The predicted octanol–water partition coefficient (Wildman–Crippen LogP) is -4.25. The molecule has 0 amide bonds. The monoisotopic (exact) mass is 322 g/mol. The summed E-state index contributed by atoms with van der Waals surface area (Å²) in [4.78, 5) is 21.6. The van der Waals surface area contributed by atoms with E-state index in [0.717, 1.165) is 0 Å². The van der Waals surface area contributed by atoms with Crippen molar-refractivity contribution < 1.29 is 52.9 Å². The van der Waals surface area contributed by atoms with Gasteiger partial charge in [0.1, 0.15) is 18.3 Å². The van der Waals surface area contributed by atoms with Crippen molar-refractivity contribution in [1.29, 1.82) is 0 Å². The molecule has 0 heterocycles. The molecule has 10 nitrogen and oxygen atoms in total. The van der Waals surface area contributed by atoms with Gasteiger partial charge in [-0.05, 0) is 0 Å². The van der Waals surface area contributed by atoms with Gasteiger partial charge in [-0.1, -0.05) is 0 Å². The van der Waals surface area contributed by atoms with E-state index < -0.39 is 61.1 Å². The summed E-state index contributed by atoms with van der Waals surface area (Å²) < 4.78 is 4.37. The number of ether oxygens (including phenoxy) is 1. The fraction of sp³-hybridized carbons (Fsp3) is 0.800. The van der Waals surface area contributed by atoms with Crippen molar-refractivity contribution in [3.05, 3.63) is 0 Å². The number of carbonyl (C=O) groups excluding carboxylic acids is 1. The van der Waals surface area contributed by atoms with E-state index in [1.807, 2.05) is 0 Å². The Hall–Kier alpha value is -0.534. The molecule has 2 unspecified atom stereocenters. The van der Waals surface area contributed by atoms with Gasteiger partial charge in [-0.15, -0.1) is 0 Å². The molecular weight excluding hydrogens is 304 g/mol. The first-order valence-electron chi connectivity index (χ1n) is 5.67. The third kappa shape index (κ3) is 4.23. The Morgan fingerprint density at radius 1 is 0.952 bits per heavy atom. The van der Waals surface area contributed by atoms with Gasteiger partial charge in [0.2, 0.25) is 0 Å². The van der Waals surface area contributed by atoms with Crippen LogP contribution in [-0.2, 0) is 14.3 Å². The third-order valence-corrected chi connectivity index (χ3v) is 3.01. The minimum atomic E-state index is -3.06. The van der Waals surface area contributed by atoms with Crippen LogP contribution < -0.4 is 0 Å². The van der Waals surface area contributed by atoms with Gasteiger partial charge in [-0.2, -0.15) is 0 Å². The molecule has 6 atom stereocenters. The molecule has 1 fully saturated rings. The van der Waals surface area contributed by atoms with Gasteiger partial charge >= 0.3 is 35.0 Å². The number of rotatable bonds is 4. The molecule has 11 heteroatoms. The first-order valence-corrected chi connectivity index (χ1v) is 5.67. The van der Waals surface area contributed by atoms with E-state index >= 15 is 0 Å². The van der Waals surface area contributed by atoms with Crippen LogP contribution in [0.3, 0.4) is 0 Å². The Balaban J connectivity index is -0.00000133. The molecule has 1 aliphatic rings. The van der Waals surface area contributed by atoms with Gasteiger partial charge in [0.15, 0.2) is 12.2 Å². The van der Waals surface area contributed by atoms with Crippen molar-refractivity contribution in [1.82, 2.24) is 0 Å². The molecule has 0 aromatic rings. The summed E-state index contributed by atoms with van der Waals surface area (Å²) in [7, 11) is 0. The number of aliphatic carboxylic acids is 1. The second kappa shape index (κ2) is 7.65. The van der Waals surface area contributed by atoms with Crippen LogP contribution in [0.1, 0.15) is 15.7 Å². The molecule has 7 N–H and O–H groups in total. The molecule has 0 aromatic carbocycles. The van der Waals surface area contributed by atoms with Crippen LogP contribution in [0.2, 0.25) is 0 Å². The SMILES string of the molecule is O=C(O)CCC(=O)OC1(O)[C@H](O)[C@H](O)C(O)[C@H](O)[C@H]1O.[H-].[H-].[Mg+2]. The van der Waals surface area contributed by atoms with Crippen LogP contribution in [0.15, 0.2) is 0 Å². The van der Waals surface area contributed by atoms with Crippen molar-refractivity contribution in [2.75, 3.05) is 0 Å². The van der Waals surface area contributed by atoms with Crippen molar-refractivity contribution in [2.45, 2.75) is 49.1 Å². The van der Waals surface area contributed by atoms with E-state index in [1.165, 1.54) is 0 Å². The molecular formula is C10H18MgO10. The van der Waals surface area contributed by atoms with Crippen molar-refractivity contribution in [3.63, 3.8) is 0 Å². The minimum absolute atomic E-state index is 0. The number of aliphatic hydroxyl groups excluding tert-OH is 5. The Labute approximate surface area is 137 Å². The molecule has 1 saturated carbocycles. The zero-order chi connectivity index (χ0) is 15.7. The van der Waals surface area contributed by atoms with E-state index in [9.17, 15) is 40.2 Å². The number of aliphatic hydroxyl groups is 6. The first-order chi connectivity index (χ1) is 9.11. The van der Waals surface area contributed by atoms with Crippen LogP contribution >= 0.6 is 0 Å². The Morgan fingerprint density at radius 2 is 1.38 bits per heavy atom. The normalized spacial score (nSPS) is 39.2. The maximum absolute atomic E-state index is 11.3. The van der Waals surface area contributed by atoms with Gasteiger partial charge in [-0.3, -0.25) is 9.59 Å². The summed E-state index contributed by atoms with van der Waals surface area (Å²) >= 11 is 0. The number of carbonyl (C=O) groups is 2. The Morgan fingerprint density at radius 3 is 1.76 bits per heavy atom. The quantitative estimate of drug-likeness (QED) is 0.152. The average Bonchev–Trinajstić information content (AvgIpc) is 2.39. The van der Waals surface area contributed by atoms with Gasteiger partial charge in [-0.25, -0.2) is 0 Å². The van der Waals surface area contributed by atoms with E-state index in [2.05, 4.69) is 4.74 Å². The van der Waals surface area contributed by atoms with E-state index in [4.69, 9.17) is 5.11 Å². The number of carboxylic acid groups (broad SMARTS) is 1. The molecule has 0 radical (unpaired) electrons. The van der Waals surface area contributed by atoms with Gasteiger partial charge in [0.25, 0.3) is 5.79 Å². The summed E-state index contributed by atoms with van der Waals surface area (Å²) in [5.74, 6) is -5.65. The summed E-state index contributed by atoms with van der Waals surface area (Å²) in [5.41, 5.74) is 0. The van der Waals surface area contributed by atoms with Crippen LogP contribution in [0.25, 0.3) is 0 Å². The topological polar surface area (TPSA) is 185 Å². The molecule has 0 bridgehead atoms. The fourth-order valence-corrected chi connectivity index (χ4v) is 1.80. The minimum Gasteiger partial charge on any atom is -1.00 e. The molecule has 0 spiro atoms. The van der Waals surface area contributed by atoms with E-state index in [0.29, 0.717) is 0 Å². The maximum atomic E-state index is 11.3. The summed E-state index contributed by atoms with van der Waals surface area (Å²) in [6, 6.07) is 0. The van der Waals surface area contributed by atoms with Crippen LogP contribution in [0.5, 0.6) is 0 Å². The van der Waals surface area contributed by atoms with Gasteiger partial charge in [0.05, 0.1) is 12.8 Å². The van der Waals surface area contributed by atoms with Crippen molar-refractivity contribution in [2.24, 2.45) is 0 Å². The van der Waals surface area contributed by atoms with Crippen molar-refractivity contribution >= 4 is 35.0 Å². The molecule has 1 rings (SSSR count). The molecule has 0 aromatic heterocycles. The molecule has 0 saturated heterocycles. The zero-order valence-corrected chi connectivity index (χ0v) is 12.3. The van der Waals surface area contributed by atoms with E-state index in [-0.39, 0.29) is 25.9 Å². The number of esters is 1.